The summed E-state index contributed by atoms with van der Waals surface area (Å²) in [4.78, 5) is 0.199. The zero-order valence-electron chi connectivity index (χ0n) is 11.6. The number of nitriles is 1. The lowest BCUT2D eigenvalue weighted by molar-refractivity contribution is 0.457. The third-order valence-electron chi connectivity index (χ3n) is 4.59. The first kappa shape index (κ1) is 14.0. The van der Waals surface area contributed by atoms with Crippen molar-refractivity contribution in [1.29, 1.82) is 5.26 Å². The second kappa shape index (κ2) is 4.06. The molecule has 0 saturated heterocycles. The van der Waals surface area contributed by atoms with E-state index in [1.807, 2.05) is 6.07 Å². The molecule has 19 heavy (non-hydrogen) atoms. The van der Waals surface area contributed by atoms with Crippen LogP contribution in [-0.2, 0) is 10.0 Å². The number of sulfonamides is 1. The molecule has 1 saturated carbocycles. The monoisotopic (exact) mass is 278 g/mol. The predicted molar refractivity (Wildman–Crippen MR) is 72.8 cm³/mol. The summed E-state index contributed by atoms with van der Waals surface area (Å²) in [5.41, 5.74) is 0.352. The van der Waals surface area contributed by atoms with E-state index in [0.29, 0.717) is 5.56 Å². The molecule has 1 fully saturated rings. The molecular formula is C14H18N2O2S. The fraction of sp³-hybridized carbons (Fsp3) is 0.500. The van der Waals surface area contributed by atoms with Gasteiger partial charge in [0.2, 0.25) is 10.0 Å². The van der Waals surface area contributed by atoms with Gasteiger partial charge in [-0.3, -0.25) is 0 Å². The molecule has 0 heterocycles. The van der Waals surface area contributed by atoms with E-state index in [2.05, 4.69) is 32.4 Å². The van der Waals surface area contributed by atoms with Gasteiger partial charge in [-0.05, 0) is 35.1 Å². The average Bonchev–Trinajstić information content (AvgIpc) is 2.71. The highest BCUT2D eigenvalue weighted by atomic mass is 32.2. The Kier molecular flexibility index (Phi) is 3.00. The van der Waals surface area contributed by atoms with Crippen LogP contribution in [0.3, 0.4) is 0 Å². The molecule has 0 bridgehead atoms. The topological polar surface area (TPSA) is 70.0 Å². The van der Waals surface area contributed by atoms with E-state index in [1.54, 1.807) is 0 Å². The zero-order chi connectivity index (χ0) is 14.5. The van der Waals surface area contributed by atoms with E-state index in [9.17, 15) is 8.42 Å². The SMILES string of the molecule is CC1(C)C(NS(=O)(=O)c2ccc(C#N)cc2)C1(C)C. The van der Waals surface area contributed by atoms with Gasteiger partial charge in [-0.2, -0.15) is 5.26 Å². The molecule has 0 atom stereocenters. The summed E-state index contributed by atoms with van der Waals surface area (Å²) in [7, 11) is -3.52. The molecule has 1 N–H and O–H groups in total. The van der Waals surface area contributed by atoms with Crippen LogP contribution in [-0.4, -0.2) is 14.5 Å². The molecule has 0 spiro atoms. The molecule has 2 rings (SSSR count). The van der Waals surface area contributed by atoms with Gasteiger partial charge in [0.1, 0.15) is 0 Å². The van der Waals surface area contributed by atoms with Crippen molar-refractivity contribution in [1.82, 2.24) is 4.72 Å². The minimum absolute atomic E-state index is 0.0489. The van der Waals surface area contributed by atoms with Crippen LogP contribution in [0.4, 0.5) is 0 Å². The van der Waals surface area contributed by atoms with Crippen LogP contribution in [0, 0.1) is 22.2 Å². The molecule has 0 aliphatic heterocycles. The maximum absolute atomic E-state index is 12.3. The zero-order valence-corrected chi connectivity index (χ0v) is 12.4. The van der Waals surface area contributed by atoms with Crippen molar-refractivity contribution in [2.75, 3.05) is 0 Å². The van der Waals surface area contributed by atoms with Crippen molar-refractivity contribution in [3.05, 3.63) is 29.8 Å². The van der Waals surface area contributed by atoms with Gasteiger partial charge in [0.25, 0.3) is 0 Å². The number of nitrogens with one attached hydrogen (secondary N) is 1. The molecule has 0 amide bonds. The quantitative estimate of drug-likeness (QED) is 0.922. The van der Waals surface area contributed by atoms with Gasteiger partial charge in [0, 0.05) is 6.04 Å². The lowest BCUT2D eigenvalue weighted by Crippen LogP contribution is -2.29. The van der Waals surface area contributed by atoms with Crippen LogP contribution in [0.2, 0.25) is 0 Å². The van der Waals surface area contributed by atoms with Crippen molar-refractivity contribution >= 4 is 10.0 Å². The molecule has 4 nitrogen and oxygen atoms in total. The Morgan fingerprint density at radius 1 is 1.11 bits per heavy atom. The summed E-state index contributed by atoms with van der Waals surface area (Å²) in [6.45, 7) is 8.22. The van der Waals surface area contributed by atoms with Gasteiger partial charge >= 0.3 is 0 Å². The summed E-state index contributed by atoms with van der Waals surface area (Å²) in [5.74, 6) is 0. The van der Waals surface area contributed by atoms with Gasteiger partial charge < -0.3 is 0 Å². The summed E-state index contributed by atoms with van der Waals surface area (Å²) >= 11 is 0. The molecule has 1 aliphatic carbocycles. The second-order valence-electron chi connectivity index (χ2n) is 6.13. The predicted octanol–water partition coefficient (Wildman–Crippen LogP) is 2.27. The first-order valence-electron chi connectivity index (χ1n) is 6.15. The third kappa shape index (κ3) is 2.15. The smallest absolute Gasteiger partial charge is 0.207 e. The van der Waals surface area contributed by atoms with E-state index >= 15 is 0 Å². The molecular weight excluding hydrogens is 260 g/mol. The van der Waals surface area contributed by atoms with Crippen molar-refractivity contribution in [2.24, 2.45) is 10.8 Å². The van der Waals surface area contributed by atoms with Gasteiger partial charge in [-0.15, -0.1) is 0 Å². The summed E-state index contributed by atoms with van der Waals surface area (Å²) in [5, 5.41) is 8.71. The van der Waals surface area contributed by atoms with Crippen LogP contribution in [0.25, 0.3) is 0 Å². The fourth-order valence-corrected chi connectivity index (χ4v) is 3.95. The number of hydrogen-bond acceptors (Lipinski definition) is 3. The Hall–Kier alpha value is -1.38. The van der Waals surface area contributed by atoms with E-state index in [-0.39, 0.29) is 21.8 Å². The van der Waals surface area contributed by atoms with Crippen LogP contribution < -0.4 is 4.72 Å². The molecule has 0 unspecified atom stereocenters. The fourth-order valence-electron chi connectivity index (χ4n) is 2.42. The largest absolute Gasteiger partial charge is 0.240 e. The Bertz CT molecular complexity index is 623. The highest BCUT2D eigenvalue weighted by Gasteiger charge is 2.65. The third-order valence-corrected chi connectivity index (χ3v) is 6.03. The van der Waals surface area contributed by atoms with Crippen LogP contribution >= 0.6 is 0 Å². The average molecular weight is 278 g/mol. The van der Waals surface area contributed by atoms with Crippen LogP contribution in [0.5, 0.6) is 0 Å². The highest BCUT2D eigenvalue weighted by molar-refractivity contribution is 7.89. The first-order valence-corrected chi connectivity index (χ1v) is 7.64. The number of rotatable bonds is 3. The lowest BCUT2D eigenvalue weighted by Gasteiger charge is -2.08. The Labute approximate surface area is 114 Å². The van der Waals surface area contributed by atoms with E-state index in [0.717, 1.165) is 0 Å². The summed E-state index contributed by atoms with van der Waals surface area (Å²) in [6.07, 6.45) is 0. The number of nitrogens with zero attached hydrogens (tertiary/aromatic N) is 1. The van der Waals surface area contributed by atoms with Crippen molar-refractivity contribution in [3.8, 4) is 6.07 Å². The minimum Gasteiger partial charge on any atom is -0.207 e. The summed E-state index contributed by atoms with van der Waals surface area (Å²) in [6, 6.07) is 7.85. The molecule has 1 aromatic carbocycles. The Morgan fingerprint density at radius 3 is 1.95 bits per heavy atom. The van der Waals surface area contributed by atoms with E-state index < -0.39 is 10.0 Å². The maximum Gasteiger partial charge on any atom is 0.240 e. The van der Waals surface area contributed by atoms with E-state index in [4.69, 9.17) is 5.26 Å². The molecule has 1 aliphatic rings. The van der Waals surface area contributed by atoms with E-state index in [1.165, 1.54) is 24.3 Å². The van der Waals surface area contributed by atoms with Crippen molar-refractivity contribution < 1.29 is 8.42 Å². The maximum atomic E-state index is 12.3. The number of hydrogen-bond donors (Lipinski definition) is 1. The summed E-state index contributed by atoms with van der Waals surface area (Å²) < 4.78 is 27.3. The van der Waals surface area contributed by atoms with Gasteiger partial charge in [-0.1, -0.05) is 27.7 Å². The van der Waals surface area contributed by atoms with Gasteiger partial charge in [-0.25, -0.2) is 13.1 Å². The Balaban J connectivity index is 2.23. The Morgan fingerprint density at radius 2 is 1.58 bits per heavy atom. The molecule has 5 heteroatoms. The van der Waals surface area contributed by atoms with Gasteiger partial charge in [0.15, 0.2) is 0 Å². The standard InChI is InChI=1S/C14H18N2O2S/c1-13(2)12(14(13,3)4)16-19(17,18)11-7-5-10(9-15)6-8-11/h5-8,12,16H,1-4H3. The molecule has 0 aromatic heterocycles. The second-order valence-corrected chi connectivity index (χ2v) is 7.85. The van der Waals surface area contributed by atoms with Crippen molar-refractivity contribution in [3.63, 3.8) is 0 Å². The van der Waals surface area contributed by atoms with Gasteiger partial charge in [0.05, 0.1) is 16.5 Å². The van der Waals surface area contributed by atoms with Crippen LogP contribution in [0.1, 0.15) is 33.3 Å². The number of benzene rings is 1. The van der Waals surface area contributed by atoms with Crippen LogP contribution in [0.15, 0.2) is 29.2 Å². The normalized spacial score (nSPS) is 20.8. The lowest BCUT2D eigenvalue weighted by atomic mass is 10.0. The molecule has 0 radical (unpaired) electrons. The first-order chi connectivity index (χ1) is 8.63. The van der Waals surface area contributed by atoms with Crippen molar-refractivity contribution in [2.45, 2.75) is 38.6 Å². The highest BCUT2D eigenvalue weighted by Crippen LogP contribution is 2.62. The minimum atomic E-state index is -3.52. The molecule has 102 valence electrons. The molecule has 1 aromatic rings.